The van der Waals surface area contributed by atoms with Gasteiger partial charge >= 0.3 is 0 Å². The van der Waals surface area contributed by atoms with Gasteiger partial charge in [0.2, 0.25) is 5.95 Å². The lowest BCUT2D eigenvalue weighted by molar-refractivity contribution is 0.966. The van der Waals surface area contributed by atoms with Gasteiger partial charge in [-0.2, -0.15) is 10.1 Å². The molecule has 7 rings (SSSR count). The van der Waals surface area contributed by atoms with Crippen molar-refractivity contribution in [3.05, 3.63) is 88.3 Å². The van der Waals surface area contributed by atoms with Crippen molar-refractivity contribution in [2.75, 3.05) is 10.6 Å². The average Bonchev–Trinajstić information content (AvgIpc) is 3.59. The minimum atomic E-state index is -0.149. The molecule has 0 amide bonds. The summed E-state index contributed by atoms with van der Waals surface area (Å²) < 4.78 is 0.921. The predicted octanol–water partition coefficient (Wildman–Crippen LogP) is 6.49. The topological polar surface area (TPSA) is 127 Å². The van der Waals surface area contributed by atoms with Crippen LogP contribution in [-0.4, -0.2) is 30.4 Å². The molecular formula is C28H23IN8O. The van der Waals surface area contributed by atoms with Crippen molar-refractivity contribution >= 4 is 67.7 Å². The Kier molecular flexibility index (Phi) is 5.61. The van der Waals surface area contributed by atoms with E-state index in [4.69, 9.17) is 9.97 Å². The quantitative estimate of drug-likeness (QED) is 0.103. The van der Waals surface area contributed by atoms with Crippen LogP contribution in [0.5, 0.6) is 0 Å². The second-order valence-electron chi connectivity index (χ2n) is 9.49. The van der Waals surface area contributed by atoms with Gasteiger partial charge in [-0.25, -0.2) is 4.98 Å². The van der Waals surface area contributed by atoms with Crippen LogP contribution in [0.25, 0.3) is 32.9 Å². The zero-order chi connectivity index (χ0) is 25.6. The second-order valence-corrected chi connectivity index (χ2v) is 10.3. The molecule has 0 saturated heterocycles. The Hall–Kier alpha value is -4.19. The fraction of sp³-hybridized carbons (Fsp3) is 0.143. The summed E-state index contributed by atoms with van der Waals surface area (Å²) in [5.74, 6) is 2.40. The number of aromatic amines is 3. The maximum atomic E-state index is 11.9. The van der Waals surface area contributed by atoms with E-state index in [1.807, 2.05) is 18.2 Å². The maximum Gasteiger partial charge on any atom is 0.271 e. The molecule has 0 atom stereocenters. The van der Waals surface area contributed by atoms with Gasteiger partial charge in [0, 0.05) is 33.2 Å². The summed E-state index contributed by atoms with van der Waals surface area (Å²) in [5.41, 5.74) is 6.86. The summed E-state index contributed by atoms with van der Waals surface area (Å²) in [6, 6.07) is 22.2. The van der Waals surface area contributed by atoms with Crippen molar-refractivity contribution < 1.29 is 0 Å². The third kappa shape index (κ3) is 4.30. The Morgan fingerprint density at radius 2 is 1.82 bits per heavy atom. The van der Waals surface area contributed by atoms with E-state index in [1.165, 1.54) is 24.0 Å². The lowest BCUT2D eigenvalue weighted by atomic mass is 9.99. The smallest absolute Gasteiger partial charge is 0.271 e. The predicted molar refractivity (Wildman–Crippen MR) is 159 cm³/mol. The van der Waals surface area contributed by atoms with E-state index in [-0.39, 0.29) is 5.56 Å². The molecule has 1 fully saturated rings. The lowest BCUT2D eigenvalue weighted by Crippen LogP contribution is -2.03. The van der Waals surface area contributed by atoms with Gasteiger partial charge in [0.05, 0.1) is 16.4 Å². The minimum Gasteiger partial charge on any atom is -0.324 e. The summed E-state index contributed by atoms with van der Waals surface area (Å²) in [5, 5.41) is 21.4. The van der Waals surface area contributed by atoms with Crippen LogP contribution >= 0.6 is 22.6 Å². The Labute approximate surface area is 230 Å². The first kappa shape index (κ1) is 23.0. The first-order chi connectivity index (χ1) is 18.6. The molecule has 1 aliphatic carbocycles. The number of benzene rings is 3. The second kappa shape index (κ2) is 9.28. The molecule has 0 spiro atoms. The molecule has 6 aromatic rings. The van der Waals surface area contributed by atoms with E-state index in [0.717, 1.165) is 38.1 Å². The molecule has 3 aromatic heterocycles. The largest absolute Gasteiger partial charge is 0.324 e. The van der Waals surface area contributed by atoms with Crippen LogP contribution in [0.3, 0.4) is 0 Å². The van der Waals surface area contributed by atoms with Crippen molar-refractivity contribution in [1.82, 2.24) is 30.4 Å². The molecule has 10 heteroatoms. The van der Waals surface area contributed by atoms with E-state index in [9.17, 15) is 4.79 Å². The van der Waals surface area contributed by atoms with Crippen molar-refractivity contribution in [1.29, 1.82) is 0 Å². The van der Waals surface area contributed by atoms with Crippen LogP contribution in [-0.2, 0) is 4.43 Å². The van der Waals surface area contributed by atoms with Gasteiger partial charge in [0.1, 0.15) is 5.82 Å². The number of rotatable bonds is 7. The van der Waals surface area contributed by atoms with E-state index in [1.54, 1.807) is 6.07 Å². The molecule has 0 radical (unpaired) electrons. The Morgan fingerprint density at radius 1 is 0.921 bits per heavy atom. The van der Waals surface area contributed by atoms with Gasteiger partial charge in [-0.1, -0.05) is 52.9 Å². The Balaban J connectivity index is 1.31. The number of nitrogens with zero attached hydrogens (tertiary/aromatic N) is 3. The van der Waals surface area contributed by atoms with Crippen LogP contribution in [0.4, 0.5) is 23.3 Å². The minimum absolute atomic E-state index is 0.149. The molecule has 3 heterocycles. The van der Waals surface area contributed by atoms with Crippen LogP contribution in [0.15, 0.2) is 71.5 Å². The van der Waals surface area contributed by atoms with Crippen molar-refractivity contribution in [3.8, 4) is 11.1 Å². The van der Waals surface area contributed by atoms with E-state index < -0.39 is 0 Å². The molecule has 3 aromatic carbocycles. The number of anilines is 4. The molecule has 188 valence electrons. The zero-order valence-electron chi connectivity index (χ0n) is 20.2. The molecular weight excluding hydrogens is 591 g/mol. The molecule has 0 unspecified atom stereocenters. The molecule has 9 nitrogen and oxygen atoms in total. The zero-order valence-corrected chi connectivity index (χ0v) is 22.3. The monoisotopic (exact) mass is 614 g/mol. The Bertz CT molecular complexity index is 1870. The fourth-order valence-corrected chi connectivity index (χ4v) is 5.40. The van der Waals surface area contributed by atoms with Crippen molar-refractivity contribution in [3.63, 3.8) is 0 Å². The first-order valence-corrected chi connectivity index (χ1v) is 13.9. The van der Waals surface area contributed by atoms with E-state index in [0.29, 0.717) is 28.6 Å². The van der Waals surface area contributed by atoms with Gasteiger partial charge in [0.15, 0.2) is 5.82 Å². The van der Waals surface area contributed by atoms with Gasteiger partial charge in [0.25, 0.3) is 5.56 Å². The SMILES string of the molecule is O=c1[nH][nH]c2cc(Nc3nc(Nc4cc(C5CC5)[nH]n4)c4cc(-c5ccccc5CI)ccc4n3)ccc12. The highest BCUT2D eigenvalue weighted by molar-refractivity contribution is 14.1. The van der Waals surface area contributed by atoms with Crippen LogP contribution in [0.1, 0.15) is 30.0 Å². The van der Waals surface area contributed by atoms with Gasteiger partial charge < -0.3 is 10.6 Å². The van der Waals surface area contributed by atoms with Crippen LogP contribution in [0.2, 0.25) is 0 Å². The molecule has 0 aliphatic heterocycles. The van der Waals surface area contributed by atoms with Crippen molar-refractivity contribution in [2.24, 2.45) is 0 Å². The molecule has 38 heavy (non-hydrogen) atoms. The number of fused-ring (bicyclic) bond motifs is 2. The third-order valence-electron chi connectivity index (χ3n) is 6.86. The first-order valence-electron chi connectivity index (χ1n) is 12.4. The normalized spacial score (nSPS) is 13.3. The highest BCUT2D eigenvalue weighted by Crippen LogP contribution is 2.40. The fourth-order valence-electron chi connectivity index (χ4n) is 4.74. The number of halogens is 1. The summed E-state index contributed by atoms with van der Waals surface area (Å²) in [6.45, 7) is 0. The number of hydrogen-bond donors (Lipinski definition) is 5. The number of H-pyrrole nitrogens is 3. The summed E-state index contributed by atoms with van der Waals surface area (Å²) in [6.07, 6.45) is 2.39. The lowest BCUT2D eigenvalue weighted by Gasteiger charge is -2.13. The third-order valence-corrected chi connectivity index (χ3v) is 7.68. The van der Waals surface area contributed by atoms with Crippen molar-refractivity contribution in [2.45, 2.75) is 23.2 Å². The summed E-state index contributed by atoms with van der Waals surface area (Å²) >= 11 is 2.40. The number of aromatic nitrogens is 6. The maximum absolute atomic E-state index is 11.9. The van der Waals surface area contributed by atoms with E-state index in [2.05, 4.69) is 96.1 Å². The molecule has 0 bridgehead atoms. The van der Waals surface area contributed by atoms with Gasteiger partial charge in [-0.05, 0) is 59.9 Å². The highest BCUT2D eigenvalue weighted by Gasteiger charge is 2.25. The molecule has 1 aliphatic rings. The summed E-state index contributed by atoms with van der Waals surface area (Å²) in [4.78, 5) is 21.5. The molecule has 1 saturated carbocycles. The number of alkyl halides is 1. The van der Waals surface area contributed by atoms with E-state index >= 15 is 0 Å². The number of hydrogen-bond acceptors (Lipinski definition) is 6. The summed E-state index contributed by atoms with van der Waals surface area (Å²) in [7, 11) is 0. The van der Waals surface area contributed by atoms with Gasteiger partial charge in [-0.15, -0.1) is 0 Å². The van der Waals surface area contributed by atoms with Crippen LogP contribution < -0.4 is 16.2 Å². The number of nitrogens with one attached hydrogen (secondary N) is 5. The van der Waals surface area contributed by atoms with Crippen LogP contribution in [0, 0.1) is 0 Å². The standard InChI is InChI=1S/C28H23IN8O/c29-14-17-3-1-2-4-19(17)16-7-10-22-21(11-16)26(32-25-13-23(34-36-25)15-5-6-15)33-28(31-22)30-18-8-9-20-24(12-18)35-37-27(20)38/h1-4,7-13,15H,5-6,14H2,(H2,35,37,38)(H3,30,31,32,33,34,36). The average molecular weight is 614 g/mol. The highest BCUT2D eigenvalue weighted by atomic mass is 127. The van der Waals surface area contributed by atoms with Gasteiger partial charge in [-0.3, -0.25) is 20.1 Å². The Morgan fingerprint density at radius 3 is 2.68 bits per heavy atom. The molecule has 5 N–H and O–H groups in total.